The molecule has 0 aliphatic carbocycles. The molecule has 0 saturated carbocycles. The Labute approximate surface area is 350 Å². The lowest BCUT2D eigenvalue weighted by Gasteiger charge is -2.58. The average molecular weight is 895 g/mol. The molecule has 3 rings (SSSR count). The molecule has 0 radical (unpaired) electrons. The van der Waals surface area contributed by atoms with Crippen molar-refractivity contribution < 1.29 is 75.5 Å². The van der Waals surface area contributed by atoms with E-state index in [4.69, 9.17) is 86.3 Å². The molecule has 3 saturated heterocycles. The zero-order valence-corrected chi connectivity index (χ0v) is 37.7. The van der Waals surface area contributed by atoms with Crippen molar-refractivity contribution >= 4 is 73.3 Å². The smallest absolute Gasteiger partial charge is 0.407 e. The summed E-state index contributed by atoms with van der Waals surface area (Å²) in [6, 6.07) is -1.34. The first-order valence-corrected chi connectivity index (χ1v) is 21.8. The molecule has 0 spiro atoms. The molecule has 21 heteroatoms. The van der Waals surface area contributed by atoms with E-state index in [2.05, 4.69) is 5.32 Å². The number of hydrogen-bond donors (Lipinski definition) is 1. The Morgan fingerprint density at radius 1 is 0.719 bits per heavy atom. The minimum atomic E-state index is -3.22. The Hall–Kier alpha value is -2.00. The van der Waals surface area contributed by atoms with E-state index < -0.39 is 127 Å². The SMILES string of the molecule is CCCCCO[C@@H]1O[C@H](CO[C@H]2O[C@@H]3CO[Si](C(C)(C)C)(C(C)(C)C)O[C@@H]3[C@H](OC(C)=O)[C@H]2NC(=O)OCC(Cl)(Cl)Cl)[C@@H](OC(C)=O)[C@H](OC(C)=O)[C@H]1OC(C)=O. The van der Waals surface area contributed by atoms with Crippen LogP contribution in [0.4, 0.5) is 4.79 Å². The summed E-state index contributed by atoms with van der Waals surface area (Å²) in [7, 11) is -3.22. The van der Waals surface area contributed by atoms with Crippen LogP contribution in [0.15, 0.2) is 0 Å². The van der Waals surface area contributed by atoms with Gasteiger partial charge in [-0.05, 0) is 6.42 Å². The maximum absolute atomic E-state index is 13.3. The van der Waals surface area contributed by atoms with Crippen molar-refractivity contribution in [3.63, 3.8) is 0 Å². The van der Waals surface area contributed by atoms with Crippen molar-refractivity contribution in [2.45, 2.75) is 171 Å². The van der Waals surface area contributed by atoms with E-state index >= 15 is 0 Å². The first-order valence-electron chi connectivity index (χ1n) is 18.8. The molecular formula is C36H58Cl3NO16Si. The van der Waals surface area contributed by atoms with Crippen molar-refractivity contribution in [3.8, 4) is 0 Å². The fourth-order valence-electron chi connectivity index (χ4n) is 7.33. The summed E-state index contributed by atoms with van der Waals surface area (Å²) in [6.07, 6.45) is -10.0. The van der Waals surface area contributed by atoms with E-state index in [1.165, 1.54) is 6.92 Å². The Kier molecular flexibility index (Phi) is 17.8. The highest BCUT2D eigenvalue weighted by molar-refractivity contribution is 6.73. The molecule has 3 aliphatic heterocycles. The van der Waals surface area contributed by atoms with Crippen molar-refractivity contribution in [3.05, 3.63) is 0 Å². The molecule has 1 amide bonds. The molecule has 1 N–H and O–H groups in total. The van der Waals surface area contributed by atoms with Crippen LogP contribution in [0.1, 0.15) is 95.4 Å². The summed E-state index contributed by atoms with van der Waals surface area (Å²) in [5.74, 6) is -2.99. The van der Waals surface area contributed by atoms with E-state index in [1.54, 1.807) is 0 Å². The summed E-state index contributed by atoms with van der Waals surface area (Å²) in [5, 5.41) is 1.66. The first-order chi connectivity index (χ1) is 26.3. The number of carbonyl (C=O) groups is 5. The molecule has 0 aromatic carbocycles. The van der Waals surface area contributed by atoms with E-state index in [1.807, 2.05) is 48.5 Å². The third kappa shape index (κ3) is 13.5. The van der Waals surface area contributed by atoms with Crippen molar-refractivity contribution in [2.24, 2.45) is 0 Å². The maximum atomic E-state index is 13.3. The van der Waals surface area contributed by atoms with E-state index in [-0.39, 0.29) is 13.2 Å². The van der Waals surface area contributed by atoms with Gasteiger partial charge in [0.1, 0.15) is 31.0 Å². The molecule has 57 heavy (non-hydrogen) atoms. The number of nitrogens with one attached hydrogen (secondary N) is 1. The number of fused-ring (bicyclic) bond motifs is 1. The van der Waals surface area contributed by atoms with Crippen LogP contribution in [0.3, 0.4) is 0 Å². The number of amides is 1. The van der Waals surface area contributed by atoms with Gasteiger partial charge in [0.05, 0.1) is 13.2 Å². The molecule has 0 aromatic heterocycles. The lowest BCUT2D eigenvalue weighted by molar-refractivity contribution is -0.325. The molecule has 3 heterocycles. The highest BCUT2D eigenvalue weighted by Crippen LogP contribution is 2.55. The van der Waals surface area contributed by atoms with Crippen LogP contribution < -0.4 is 5.32 Å². The zero-order chi connectivity index (χ0) is 43.1. The van der Waals surface area contributed by atoms with Gasteiger partial charge in [-0.25, -0.2) is 4.79 Å². The standard InChI is InChI=1S/C36H58Cl3NO16Si/c1-12-13-14-15-46-32-30(53-22(5)44)29(52-21(4)43)26(50-19(2)41)23(55-32)16-47-31-25(40-33(45)48-18-36(37,38)39)28(51-20(3)42)27-24(54-31)17-49-57(56-27,34(6,7)8)35(9,10)11/h23-32H,12-18H2,1-11H3,(H,40,45)/t23-,24-,25-,26-,27+,28-,29+,30-,31+,32-/m1/s1. The largest absolute Gasteiger partial charge is 0.457 e. The van der Waals surface area contributed by atoms with Crippen LogP contribution in [0, 0.1) is 0 Å². The van der Waals surface area contributed by atoms with Gasteiger partial charge >= 0.3 is 38.5 Å². The van der Waals surface area contributed by atoms with Crippen LogP contribution in [-0.2, 0) is 70.7 Å². The van der Waals surface area contributed by atoms with Crippen LogP contribution in [-0.4, -0.2) is 130 Å². The number of alkyl carbamates (subject to hydrolysis) is 1. The molecule has 17 nitrogen and oxygen atoms in total. The number of halogens is 3. The monoisotopic (exact) mass is 893 g/mol. The predicted octanol–water partition coefficient (Wildman–Crippen LogP) is 5.31. The summed E-state index contributed by atoms with van der Waals surface area (Å²) in [5.41, 5.74) is 0. The number of rotatable bonds is 14. The normalized spacial score (nSPS) is 30.3. The maximum Gasteiger partial charge on any atom is 0.407 e. The Morgan fingerprint density at radius 3 is 1.79 bits per heavy atom. The zero-order valence-electron chi connectivity index (χ0n) is 34.4. The average Bonchev–Trinajstić information content (AvgIpc) is 3.06. The molecule has 0 bridgehead atoms. The van der Waals surface area contributed by atoms with Gasteiger partial charge in [-0.1, -0.05) is 96.1 Å². The highest BCUT2D eigenvalue weighted by Gasteiger charge is 2.65. The fourth-order valence-corrected chi connectivity index (χ4v) is 12.5. The third-order valence-corrected chi connectivity index (χ3v) is 14.7. The quantitative estimate of drug-likeness (QED) is 0.0773. The van der Waals surface area contributed by atoms with Crippen molar-refractivity contribution in [1.82, 2.24) is 5.32 Å². The molecule has 328 valence electrons. The Balaban J connectivity index is 2.08. The predicted molar refractivity (Wildman–Crippen MR) is 206 cm³/mol. The summed E-state index contributed by atoms with van der Waals surface area (Å²) < 4.78 is 64.4. The van der Waals surface area contributed by atoms with E-state index in [9.17, 15) is 24.0 Å². The summed E-state index contributed by atoms with van der Waals surface area (Å²) in [4.78, 5) is 63.2. The Morgan fingerprint density at radius 2 is 1.26 bits per heavy atom. The second-order valence-corrected chi connectivity index (χ2v) is 23.4. The van der Waals surface area contributed by atoms with Gasteiger partial charge in [0, 0.05) is 44.4 Å². The molecule has 3 aliphatic rings. The lowest BCUT2D eigenvalue weighted by atomic mass is 9.96. The van der Waals surface area contributed by atoms with Crippen molar-refractivity contribution in [2.75, 3.05) is 26.4 Å². The fraction of sp³-hybridized carbons (Fsp3) is 0.861. The molecule has 10 atom stereocenters. The molecular weight excluding hydrogens is 837 g/mol. The minimum absolute atomic E-state index is 0.00967. The van der Waals surface area contributed by atoms with Gasteiger partial charge in [0.2, 0.25) is 3.79 Å². The van der Waals surface area contributed by atoms with Gasteiger partial charge in [-0.3, -0.25) is 19.2 Å². The number of carbonyl (C=O) groups excluding carboxylic acids is 5. The number of alkyl halides is 3. The number of hydrogen-bond acceptors (Lipinski definition) is 16. The first kappa shape index (κ1) is 49.4. The number of unbranched alkanes of at least 4 members (excludes halogenated alkanes) is 2. The second-order valence-electron chi connectivity index (χ2n) is 16.2. The summed E-state index contributed by atoms with van der Waals surface area (Å²) in [6.45, 7) is 17.7. The minimum Gasteiger partial charge on any atom is -0.457 e. The molecule has 3 fully saturated rings. The Bertz CT molecular complexity index is 1390. The van der Waals surface area contributed by atoms with Crippen LogP contribution in [0.25, 0.3) is 0 Å². The molecule has 0 aromatic rings. The topological polar surface area (TPSA) is 199 Å². The van der Waals surface area contributed by atoms with Crippen molar-refractivity contribution in [1.29, 1.82) is 0 Å². The van der Waals surface area contributed by atoms with E-state index in [0.717, 1.165) is 33.6 Å². The van der Waals surface area contributed by atoms with Gasteiger partial charge in [0.15, 0.2) is 37.0 Å². The third-order valence-electron chi connectivity index (χ3n) is 9.28. The summed E-state index contributed by atoms with van der Waals surface area (Å²) >= 11 is 17.5. The van der Waals surface area contributed by atoms with Gasteiger partial charge < -0.3 is 56.8 Å². The van der Waals surface area contributed by atoms with Gasteiger partial charge in [-0.15, -0.1) is 0 Å². The van der Waals surface area contributed by atoms with Gasteiger partial charge in [0.25, 0.3) is 0 Å². The lowest BCUT2D eigenvalue weighted by Crippen LogP contribution is -2.74. The highest BCUT2D eigenvalue weighted by atomic mass is 35.6. The number of ether oxygens (including phenoxy) is 9. The van der Waals surface area contributed by atoms with Crippen LogP contribution in [0.2, 0.25) is 10.1 Å². The number of esters is 4. The van der Waals surface area contributed by atoms with Crippen LogP contribution in [0.5, 0.6) is 0 Å². The molecule has 0 unspecified atom stereocenters. The van der Waals surface area contributed by atoms with E-state index in [0.29, 0.717) is 6.42 Å². The second kappa shape index (κ2) is 20.5. The van der Waals surface area contributed by atoms with Crippen LogP contribution >= 0.6 is 34.8 Å². The van der Waals surface area contributed by atoms with Gasteiger partial charge in [-0.2, -0.15) is 0 Å².